The molecular weight excluding hydrogens is 266 g/mol. The van der Waals surface area contributed by atoms with E-state index in [1.807, 2.05) is 0 Å². The van der Waals surface area contributed by atoms with Crippen molar-refractivity contribution in [3.05, 3.63) is 27.6 Å². The first-order valence-electron chi connectivity index (χ1n) is 3.69. The van der Waals surface area contributed by atoms with E-state index in [1.54, 1.807) is 0 Å². The highest BCUT2D eigenvalue weighted by Gasteiger charge is 2.35. The number of hydrogen-bond acceptors (Lipinski definition) is 3. The molecule has 1 aromatic rings. The van der Waals surface area contributed by atoms with E-state index in [2.05, 4.69) is 4.98 Å². The van der Waals surface area contributed by atoms with Gasteiger partial charge >= 0.3 is 0 Å². The Kier molecular flexibility index (Phi) is 3.28. The van der Waals surface area contributed by atoms with Crippen LogP contribution in [0, 0.1) is 17.0 Å². The maximum Gasteiger partial charge on any atom is 0.290 e. The van der Waals surface area contributed by atoms with Gasteiger partial charge in [-0.15, -0.1) is 0 Å². The molecule has 0 aliphatic carbocycles. The topological polar surface area (TPSA) is 76.0 Å². The molecule has 0 saturated heterocycles. The second-order valence-electron chi connectivity index (χ2n) is 2.76. The average Bonchev–Trinajstić information content (AvgIpc) is 2.44. The number of aromatic nitrogens is 1. The van der Waals surface area contributed by atoms with Gasteiger partial charge in [0.15, 0.2) is 0 Å². The van der Waals surface area contributed by atoms with Crippen LogP contribution in [0.25, 0.3) is 0 Å². The van der Waals surface area contributed by atoms with Crippen molar-refractivity contribution >= 4 is 46.3 Å². The molecule has 0 saturated carbocycles. The van der Waals surface area contributed by atoms with Crippen molar-refractivity contribution < 1.29 is 9.72 Å². The van der Waals surface area contributed by atoms with Crippen LogP contribution < -0.4 is 0 Å². The zero-order chi connectivity index (χ0) is 11.8. The number of H-pyrrole nitrogens is 1. The van der Waals surface area contributed by atoms with Crippen LogP contribution in [-0.4, -0.2) is 19.5 Å². The van der Waals surface area contributed by atoms with Gasteiger partial charge in [-0.25, -0.2) is 0 Å². The predicted octanol–water partition coefficient (Wildman–Crippen LogP) is 2.78. The third kappa shape index (κ3) is 2.42. The molecule has 1 heterocycles. The number of halogens is 3. The molecule has 1 N–H and O–H groups in total. The molecule has 1 rings (SSSR count). The van der Waals surface area contributed by atoms with Crippen LogP contribution in [0.5, 0.6) is 0 Å². The molecule has 1 aromatic heterocycles. The van der Waals surface area contributed by atoms with Crippen molar-refractivity contribution in [2.24, 2.45) is 0 Å². The lowest BCUT2D eigenvalue weighted by Crippen LogP contribution is -2.20. The van der Waals surface area contributed by atoms with E-state index in [-0.39, 0.29) is 16.9 Å². The van der Waals surface area contributed by atoms with Crippen LogP contribution in [0.2, 0.25) is 0 Å². The Morgan fingerprint density at radius 2 is 2.07 bits per heavy atom. The Morgan fingerprint density at radius 1 is 1.53 bits per heavy atom. The van der Waals surface area contributed by atoms with E-state index in [1.165, 1.54) is 6.92 Å². The Labute approximate surface area is 99.5 Å². The molecule has 0 amide bonds. The van der Waals surface area contributed by atoms with E-state index >= 15 is 0 Å². The van der Waals surface area contributed by atoms with Crippen LogP contribution in [0.15, 0.2) is 6.20 Å². The summed E-state index contributed by atoms with van der Waals surface area (Å²) < 4.78 is -2.12. The quantitative estimate of drug-likeness (QED) is 0.389. The third-order valence-electron chi connectivity index (χ3n) is 1.79. The minimum atomic E-state index is -2.12. The highest BCUT2D eigenvalue weighted by Crippen LogP contribution is 2.32. The first-order chi connectivity index (χ1) is 6.75. The molecule has 0 bridgehead atoms. The molecule has 15 heavy (non-hydrogen) atoms. The summed E-state index contributed by atoms with van der Waals surface area (Å²) in [7, 11) is 0. The van der Waals surface area contributed by atoms with Crippen LogP contribution in [0.3, 0.4) is 0 Å². The highest BCUT2D eigenvalue weighted by atomic mass is 35.6. The van der Waals surface area contributed by atoms with Gasteiger partial charge in [0.1, 0.15) is 0 Å². The number of carbonyl (C=O) groups excluding carboxylic acids is 1. The number of ketones is 1. The molecule has 0 radical (unpaired) electrons. The zero-order valence-corrected chi connectivity index (χ0v) is 9.65. The van der Waals surface area contributed by atoms with Gasteiger partial charge in [0.05, 0.1) is 22.4 Å². The van der Waals surface area contributed by atoms with E-state index in [4.69, 9.17) is 34.8 Å². The number of Topliss-reactive ketones (excluding diaryl/α,β-unsaturated/α-hetero) is 1. The molecule has 5 nitrogen and oxygen atoms in total. The largest absolute Gasteiger partial charge is 0.352 e. The minimum absolute atomic E-state index is 0.0679. The van der Waals surface area contributed by atoms with Crippen molar-refractivity contribution in [1.82, 2.24) is 4.98 Å². The fourth-order valence-corrected chi connectivity index (χ4v) is 1.34. The summed E-state index contributed by atoms with van der Waals surface area (Å²) in [5.41, 5.74) is -0.134. The zero-order valence-electron chi connectivity index (χ0n) is 7.38. The number of nitro groups is 1. The van der Waals surface area contributed by atoms with E-state index < -0.39 is 14.5 Å². The number of nitrogens with zero attached hydrogens (tertiary/aromatic N) is 1. The highest BCUT2D eigenvalue weighted by molar-refractivity contribution is 6.77. The van der Waals surface area contributed by atoms with Crippen molar-refractivity contribution in [2.45, 2.75) is 10.7 Å². The van der Waals surface area contributed by atoms with Gasteiger partial charge in [0.2, 0.25) is 5.78 Å². The van der Waals surface area contributed by atoms with Gasteiger partial charge in [-0.05, 0) is 6.92 Å². The number of aromatic amines is 1. The first-order valence-corrected chi connectivity index (χ1v) is 4.82. The van der Waals surface area contributed by atoms with Gasteiger partial charge in [-0.3, -0.25) is 14.9 Å². The minimum Gasteiger partial charge on any atom is -0.352 e. The monoisotopic (exact) mass is 270 g/mol. The normalized spacial score (nSPS) is 11.5. The van der Waals surface area contributed by atoms with Crippen LogP contribution in [0.1, 0.15) is 16.1 Å². The smallest absolute Gasteiger partial charge is 0.290 e. The van der Waals surface area contributed by atoms with Crippen molar-refractivity contribution in [1.29, 1.82) is 0 Å². The summed E-state index contributed by atoms with van der Waals surface area (Å²) in [6, 6.07) is 0. The number of rotatable bonds is 2. The standard InChI is InChI=1S/C7H5Cl3N2O3/c1-3-4(12(14)15)2-11-5(3)6(13)7(8,9)10/h2,11H,1H3. The third-order valence-corrected chi connectivity index (χ3v) is 2.31. The Morgan fingerprint density at radius 3 is 2.40 bits per heavy atom. The molecule has 0 aromatic carbocycles. The molecule has 0 atom stereocenters. The Hall–Kier alpha value is -0.780. The van der Waals surface area contributed by atoms with Crippen LogP contribution in [0.4, 0.5) is 5.69 Å². The molecule has 0 aliphatic heterocycles. The van der Waals surface area contributed by atoms with E-state index in [0.717, 1.165) is 6.20 Å². The fourth-order valence-electron chi connectivity index (χ4n) is 1.05. The van der Waals surface area contributed by atoms with Crippen LogP contribution >= 0.6 is 34.8 Å². The van der Waals surface area contributed by atoms with Crippen LogP contribution in [-0.2, 0) is 0 Å². The second-order valence-corrected chi connectivity index (χ2v) is 5.04. The molecular formula is C7H5Cl3N2O3. The lowest BCUT2D eigenvalue weighted by Gasteiger charge is -2.07. The number of hydrogen-bond donors (Lipinski definition) is 1. The van der Waals surface area contributed by atoms with Gasteiger partial charge < -0.3 is 4.98 Å². The molecule has 82 valence electrons. The van der Waals surface area contributed by atoms with Gasteiger partial charge in [0, 0.05) is 0 Å². The molecule has 0 spiro atoms. The number of alkyl halides is 3. The fraction of sp³-hybridized carbons (Fsp3) is 0.286. The number of carbonyl (C=O) groups is 1. The predicted molar refractivity (Wildman–Crippen MR) is 56.8 cm³/mol. The van der Waals surface area contributed by atoms with Gasteiger partial charge in [0.25, 0.3) is 9.48 Å². The van der Waals surface area contributed by atoms with Gasteiger partial charge in [-0.2, -0.15) is 0 Å². The van der Waals surface area contributed by atoms with Crippen molar-refractivity contribution in [3.8, 4) is 0 Å². The first kappa shape index (κ1) is 12.3. The Balaban J connectivity index is 3.19. The summed E-state index contributed by atoms with van der Waals surface area (Å²) in [6.45, 7) is 1.40. The second kappa shape index (κ2) is 4.00. The Bertz CT molecular complexity index is 422. The van der Waals surface area contributed by atoms with E-state index in [9.17, 15) is 14.9 Å². The lowest BCUT2D eigenvalue weighted by atomic mass is 10.2. The molecule has 0 aliphatic rings. The number of nitrogens with one attached hydrogen (secondary N) is 1. The molecule has 8 heteroatoms. The average molecular weight is 271 g/mol. The SMILES string of the molecule is Cc1c([N+](=O)[O-])c[nH]c1C(=O)C(Cl)(Cl)Cl. The summed E-state index contributed by atoms with van der Waals surface area (Å²) in [6.07, 6.45) is 1.08. The molecule has 0 unspecified atom stereocenters. The summed E-state index contributed by atoms with van der Waals surface area (Å²) in [5.74, 6) is -0.821. The van der Waals surface area contributed by atoms with Crippen molar-refractivity contribution in [2.75, 3.05) is 0 Å². The van der Waals surface area contributed by atoms with E-state index in [0.29, 0.717) is 0 Å². The lowest BCUT2D eigenvalue weighted by molar-refractivity contribution is -0.385. The molecule has 0 fully saturated rings. The summed E-state index contributed by atoms with van der Waals surface area (Å²) >= 11 is 16.1. The van der Waals surface area contributed by atoms with Crippen molar-refractivity contribution in [3.63, 3.8) is 0 Å². The van der Waals surface area contributed by atoms with Gasteiger partial charge in [-0.1, -0.05) is 34.8 Å². The maximum absolute atomic E-state index is 11.5. The maximum atomic E-state index is 11.5. The summed E-state index contributed by atoms with van der Waals surface area (Å²) in [5, 5.41) is 10.5. The summed E-state index contributed by atoms with van der Waals surface area (Å²) in [4.78, 5) is 23.7.